The van der Waals surface area contributed by atoms with Crippen molar-refractivity contribution in [3.63, 3.8) is 0 Å². The Labute approximate surface area is 93.4 Å². The molecule has 88 valence electrons. The van der Waals surface area contributed by atoms with Gasteiger partial charge in [0.25, 0.3) is 0 Å². The molecule has 0 spiro atoms. The SMILES string of the molecule is CCC(C)C(=O)C(C)(C)C(=O)C(C)(C)C. The minimum absolute atomic E-state index is 0.0281. The molecular formula is C13H24O2. The third kappa shape index (κ3) is 3.15. The Bertz CT molecular complexity index is 256. The fourth-order valence-electron chi connectivity index (χ4n) is 1.85. The van der Waals surface area contributed by atoms with Crippen molar-refractivity contribution in [3.05, 3.63) is 0 Å². The highest BCUT2D eigenvalue weighted by atomic mass is 16.2. The molecule has 1 unspecified atom stereocenters. The lowest BCUT2D eigenvalue weighted by atomic mass is 9.69. The van der Waals surface area contributed by atoms with Gasteiger partial charge in [0.15, 0.2) is 5.78 Å². The smallest absolute Gasteiger partial charge is 0.151 e. The maximum atomic E-state index is 12.1. The number of carbonyl (C=O) groups excluding carboxylic acids is 2. The number of hydrogen-bond acceptors (Lipinski definition) is 2. The first-order chi connectivity index (χ1) is 6.55. The molecule has 0 aliphatic heterocycles. The Morgan fingerprint density at radius 3 is 1.73 bits per heavy atom. The van der Waals surface area contributed by atoms with Gasteiger partial charge < -0.3 is 0 Å². The third-order valence-corrected chi connectivity index (χ3v) is 2.92. The normalized spacial score (nSPS) is 14.9. The standard InChI is InChI=1S/C13H24O2/c1-8-9(2)10(14)13(6,7)11(15)12(3,4)5/h9H,8H2,1-7H3. The first-order valence-corrected chi connectivity index (χ1v) is 5.64. The van der Waals surface area contributed by atoms with Gasteiger partial charge in [-0.2, -0.15) is 0 Å². The van der Waals surface area contributed by atoms with Crippen LogP contribution in [0.4, 0.5) is 0 Å². The van der Waals surface area contributed by atoms with E-state index in [4.69, 9.17) is 0 Å². The Morgan fingerprint density at radius 1 is 1.07 bits per heavy atom. The van der Waals surface area contributed by atoms with Crippen molar-refractivity contribution in [1.82, 2.24) is 0 Å². The van der Waals surface area contributed by atoms with Crippen LogP contribution in [0.3, 0.4) is 0 Å². The summed E-state index contributed by atoms with van der Waals surface area (Å²) in [6, 6.07) is 0. The van der Waals surface area contributed by atoms with Crippen LogP contribution in [0.15, 0.2) is 0 Å². The van der Waals surface area contributed by atoms with Crippen LogP contribution in [-0.2, 0) is 9.59 Å². The molecule has 1 atom stereocenters. The van der Waals surface area contributed by atoms with Crippen molar-refractivity contribution in [3.8, 4) is 0 Å². The van der Waals surface area contributed by atoms with Crippen LogP contribution in [0.2, 0.25) is 0 Å². The summed E-state index contributed by atoms with van der Waals surface area (Å²) in [6.07, 6.45) is 0.791. The molecule has 0 saturated carbocycles. The molecule has 0 aliphatic carbocycles. The van der Waals surface area contributed by atoms with Crippen molar-refractivity contribution in [1.29, 1.82) is 0 Å². The Morgan fingerprint density at radius 2 is 1.47 bits per heavy atom. The van der Waals surface area contributed by atoms with E-state index in [1.54, 1.807) is 13.8 Å². The second-order valence-corrected chi connectivity index (χ2v) is 5.88. The molecule has 2 heteroatoms. The molecule has 0 aromatic carbocycles. The lowest BCUT2D eigenvalue weighted by Crippen LogP contribution is -2.43. The quantitative estimate of drug-likeness (QED) is 0.670. The van der Waals surface area contributed by atoms with E-state index in [0.29, 0.717) is 0 Å². The van der Waals surface area contributed by atoms with Gasteiger partial charge in [0.2, 0.25) is 0 Å². The van der Waals surface area contributed by atoms with Crippen LogP contribution in [0.5, 0.6) is 0 Å². The summed E-state index contributed by atoms with van der Waals surface area (Å²) in [6.45, 7) is 12.9. The number of carbonyl (C=O) groups is 2. The van der Waals surface area contributed by atoms with Crippen molar-refractivity contribution >= 4 is 11.6 Å². The summed E-state index contributed by atoms with van der Waals surface area (Å²) in [7, 11) is 0. The van der Waals surface area contributed by atoms with Crippen molar-refractivity contribution in [2.75, 3.05) is 0 Å². The zero-order chi connectivity index (χ0) is 12.4. The number of ketones is 2. The number of Topliss-reactive ketones (excluding diaryl/α,β-unsaturated/α-hetero) is 2. The van der Waals surface area contributed by atoms with Gasteiger partial charge in [-0.1, -0.05) is 34.6 Å². The minimum atomic E-state index is -0.853. The molecule has 0 radical (unpaired) electrons. The maximum absolute atomic E-state index is 12.1. The molecule has 0 aromatic rings. The second-order valence-electron chi connectivity index (χ2n) is 5.88. The van der Waals surface area contributed by atoms with E-state index in [0.717, 1.165) is 6.42 Å². The predicted octanol–water partition coefficient (Wildman–Crippen LogP) is 3.24. The molecular weight excluding hydrogens is 188 g/mol. The van der Waals surface area contributed by atoms with E-state index >= 15 is 0 Å². The Hall–Kier alpha value is -0.660. The summed E-state index contributed by atoms with van der Waals surface area (Å²) in [4.78, 5) is 24.2. The van der Waals surface area contributed by atoms with Gasteiger partial charge in [-0.15, -0.1) is 0 Å². The van der Waals surface area contributed by atoms with Gasteiger partial charge in [-0.3, -0.25) is 9.59 Å². The fourth-order valence-corrected chi connectivity index (χ4v) is 1.85. The third-order valence-electron chi connectivity index (χ3n) is 2.92. The summed E-state index contributed by atoms with van der Waals surface area (Å²) in [5.74, 6) is 0.0523. The summed E-state index contributed by atoms with van der Waals surface area (Å²) < 4.78 is 0. The van der Waals surface area contributed by atoms with E-state index in [1.807, 2.05) is 34.6 Å². The van der Waals surface area contributed by atoms with Crippen LogP contribution < -0.4 is 0 Å². The maximum Gasteiger partial charge on any atom is 0.151 e. The van der Waals surface area contributed by atoms with Gasteiger partial charge in [0.05, 0.1) is 5.41 Å². The zero-order valence-electron chi connectivity index (χ0n) is 11.1. The number of hydrogen-bond donors (Lipinski definition) is 0. The van der Waals surface area contributed by atoms with Crippen LogP contribution in [0, 0.1) is 16.7 Å². The van der Waals surface area contributed by atoms with Gasteiger partial charge in [-0.05, 0) is 20.3 Å². The molecule has 0 aliphatic rings. The van der Waals surface area contributed by atoms with Gasteiger partial charge >= 0.3 is 0 Å². The van der Waals surface area contributed by atoms with Crippen molar-refractivity contribution < 1.29 is 9.59 Å². The van der Waals surface area contributed by atoms with Gasteiger partial charge in [0.1, 0.15) is 5.78 Å². The van der Waals surface area contributed by atoms with Gasteiger partial charge in [-0.25, -0.2) is 0 Å². The highest BCUT2D eigenvalue weighted by Gasteiger charge is 2.42. The lowest BCUT2D eigenvalue weighted by molar-refractivity contribution is -0.145. The molecule has 0 aromatic heterocycles. The molecule has 15 heavy (non-hydrogen) atoms. The molecule has 2 nitrogen and oxygen atoms in total. The average Bonchev–Trinajstić information content (AvgIpc) is 2.12. The Balaban J connectivity index is 4.99. The van der Waals surface area contributed by atoms with Gasteiger partial charge in [0, 0.05) is 11.3 Å². The minimum Gasteiger partial charge on any atom is -0.298 e. The highest BCUT2D eigenvalue weighted by molar-refractivity contribution is 6.08. The van der Waals surface area contributed by atoms with E-state index in [2.05, 4.69) is 0 Å². The first kappa shape index (κ1) is 14.3. The molecule has 0 amide bonds. The summed E-state index contributed by atoms with van der Waals surface area (Å²) in [5.41, 5.74) is -1.31. The monoisotopic (exact) mass is 212 g/mol. The van der Waals surface area contributed by atoms with E-state index in [-0.39, 0.29) is 17.5 Å². The lowest BCUT2D eigenvalue weighted by Gasteiger charge is -2.31. The molecule has 0 saturated heterocycles. The number of rotatable bonds is 4. The van der Waals surface area contributed by atoms with E-state index < -0.39 is 10.8 Å². The van der Waals surface area contributed by atoms with Crippen LogP contribution in [0.25, 0.3) is 0 Å². The fraction of sp³-hybridized carbons (Fsp3) is 0.846. The average molecular weight is 212 g/mol. The summed E-state index contributed by atoms with van der Waals surface area (Å²) in [5, 5.41) is 0. The highest BCUT2D eigenvalue weighted by Crippen LogP contribution is 2.32. The van der Waals surface area contributed by atoms with Crippen LogP contribution in [-0.4, -0.2) is 11.6 Å². The molecule has 0 N–H and O–H groups in total. The largest absolute Gasteiger partial charge is 0.298 e. The van der Waals surface area contributed by atoms with E-state index in [1.165, 1.54) is 0 Å². The predicted molar refractivity (Wildman–Crippen MR) is 62.7 cm³/mol. The molecule has 0 heterocycles. The second kappa shape index (κ2) is 4.46. The Kier molecular flexibility index (Phi) is 4.26. The topological polar surface area (TPSA) is 34.1 Å². The molecule has 0 rings (SSSR count). The van der Waals surface area contributed by atoms with Crippen molar-refractivity contribution in [2.45, 2.75) is 54.9 Å². The van der Waals surface area contributed by atoms with Crippen LogP contribution >= 0.6 is 0 Å². The van der Waals surface area contributed by atoms with Crippen molar-refractivity contribution in [2.24, 2.45) is 16.7 Å². The summed E-state index contributed by atoms with van der Waals surface area (Å²) >= 11 is 0. The van der Waals surface area contributed by atoms with Crippen LogP contribution in [0.1, 0.15) is 54.9 Å². The first-order valence-electron chi connectivity index (χ1n) is 5.64. The molecule has 0 bridgehead atoms. The molecule has 0 fully saturated rings. The zero-order valence-corrected chi connectivity index (χ0v) is 11.1. The van der Waals surface area contributed by atoms with E-state index in [9.17, 15) is 9.59 Å².